The van der Waals surface area contributed by atoms with Gasteiger partial charge in [-0.15, -0.1) is 0 Å². The Labute approximate surface area is 163 Å². The van der Waals surface area contributed by atoms with Crippen molar-refractivity contribution in [2.24, 2.45) is 0 Å². The molecule has 2 amide bonds. The molecule has 0 aliphatic carbocycles. The van der Waals surface area contributed by atoms with Crippen LogP contribution in [0.1, 0.15) is 0 Å². The van der Waals surface area contributed by atoms with E-state index in [1.165, 1.54) is 24.3 Å². The maximum Gasteiger partial charge on any atom is 0.324 e. The summed E-state index contributed by atoms with van der Waals surface area (Å²) in [5.41, 5.74) is 1.70. The first kappa shape index (κ1) is 17.9. The molecule has 0 aliphatic heterocycles. The molecule has 1 aromatic heterocycles. The Morgan fingerprint density at radius 3 is 2.43 bits per heavy atom. The van der Waals surface area contributed by atoms with E-state index in [2.05, 4.69) is 20.8 Å². The summed E-state index contributed by atoms with van der Waals surface area (Å²) in [7, 11) is 0. The second-order valence-corrected chi connectivity index (χ2v) is 6.38. The van der Waals surface area contributed by atoms with Gasteiger partial charge in [0.05, 0.1) is 5.02 Å². The number of rotatable bonds is 3. The minimum Gasteiger partial charge on any atom is -0.308 e. The van der Waals surface area contributed by atoms with Crippen molar-refractivity contribution in [1.29, 1.82) is 0 Å². The molecule has 0 bridgehead atoms. The van der Waals surface area contributed by atoms with Crippen LogP contribution >= 0.6 is 11.6 Å². The van der Waals surface area contributed by atoms with Crippen LogP contribution in [0.2, 0.25) is 5.02 Å². The Bertz CT molecular complexity index is 1160. The Kier molecular flexibility index (Phi) is 4.67. The molecule has 3 N–H and O–H groups in total. The van der Waals surface area contributed by atoms with Gasteiger partial charge in [-0.05, 0) is 35.9 Å². The van der Waals surface area contributed by atoms with E-state index in [-0.39, 0.29) is 16.4 Å². The quantitative estimate of drug-likeness (QED) is 0.408. The fourth-order valence-corrected chi connectivity index (χ4v) is 3.08. The maximum absolute atomic E-state index is 14.7. The van der Waals surface area contributed by atoms with Crippen LogP contribution in [0.25, 0.3) is 22.0 Å². The van der Waals surface area contributed by atoms with Crippen LogP contribution in [0.4, 0.5) is 25.1 Å². The van der Waals surface area contributed by atoms with Crippen molar-refractivity contribution in [3.05, 3.63) is 77.3 Å². The van der Waals surface area contributed by atoms with Gasteiger partial charge in [-0.25, -0.2) is 13.6 Å². The molecule has 0 saturated carbocycles. The van der Waals surface area contributed by atoms with E-state index < -0.39 is 17.7 Å². The molecule has 3 aromatic carbocycles. The molecule has 4 aromatic rings. The molecule has 8 heteroatoms. The van der Waals surface area contributed by atoms with Crippen molar-refractivity contribution in [2.45, 2.75) is 0 Å². The topological polar surface area (TPSA) is 69.8 Å². The lowest BCUT2D eigenvalue weighted by Gasteiger charge is -2.08. The SMILES string of the molecule is O=C(Nc1ccc(F)cc1)Nc1n[nH]c2c(F)c(Cl)c(-c3ccccc3)cc12. The molecular formula is C20H13ClF2N4O. The molecule has 140 valence electrons. The van der Waals surface area contributed by atoms with E-state index in [1.54, 1.807) is 18.2 Å². The van der Waals surface area contributed by atoms with Gasteiger partial charge < -0.3 is 5.32 Å². The van der Waals surface area contributed by atoms with Crippen molar-refractivity contribution in [1.82, 2.24) is 10.2 Å². The second kappa shape index (κ2) is 7.28. The van der Waals surface area contributed by atoms with Gasteiger partial charge in [0.1, 0.15) is 11.3 Å². The predicted molar refractivity (Wildman–Crippen MR) is 106 cm³/mol. The van der Waals surface area contributed by atoms with Crippen molar-refractivity contribution in [2.75, 3.05) is 10.6 Å². The van der Waals surface area contributed by atoms with Crippen LogP contribution < -0.4 is 10.6 Å². The molecule has 0 unspecified atom stereocenters. The number of hydrogen-bond donors (Lipinski definition) is 3. The average molecular weight is 399 g/mol. The number of carbonyl (C=O) groups is 1. The van der Waals surface area contributed by atoms with Crippen molar-refractivity contribution in [3.63, 3.8) is 0 Å². The monoisotopic (exact) mass is 398 g/mol. The van der Waals surface area contributed by atoms with Crippen LogP contribution in [0.5, 0.6) is 0 Å². The Hall–Kier alpha value is -3.45. The highest BCUT2D eigenvalue weighted by atomic mass is 35.5. The highest BCUT2D eigenvalue weighted by molar-refractivity contribution is 6.34. The lowest BCUT2D eigenvalue weighted by Crippen LogP contribution is -2.19. The van der Waals surface area contributed by atoms with Gasteiger partial charge in [0.25, 0.3) is 0 Å². The molecule has 4 rings (SSSR count). The summed E-state index contributed by atoms with van der Waals surface area (Å²) >= 11 is 6.19. The van der Waals surface area contributed by atoms with E-state index in [9.17, 15) is 13.6 Å². The first-order valence-corrected chi connectivity index (χ1v) is 8.66. The molecule has 0 spiro atoms. The summed E-state index contributed by atoms with van der Waals surface area (Å²) in [4.78, 5) is 12.2. The molecule has 28 heavy (non-hydrogen) atoms. The van der Waals surface area contributed by atoms with Crippen LogP contribution in [0.15, 0.2) is 60.7 Å². The second-order valence-electron chi connectivity index (χ2n) is 6.00. The Morgan fingerprint density at radius 2 is 1.71 bits per heavy atom. The molecular weight excluding hydrogens is 386 g/mol. The number of urea groups is 1. The molecule has 1 heterocycles. The summed E-state index contributed by atoms with van der Waals surface area (Å²) < 4.78 is 27.7. The number of hydrogen-bond acceptors (Lipinski definition) is 2. The number of nitrogens with zero attached hydrogens (tertiary/aromatic N) is 1. The fourth-order valence-electron chi connectivity index (χ4n) is 2.82. The number of carbonyl (C=O) groups excluding carboxylic acids is 1. The zero-order chi connectivity index (χ0) is 19.7. The average Bonchev–Trinajstić information content (AvgIpc) is 3.09. The van der Waals surface area contributed by atoms with Crippen molar-refractivity contribution >= 4 is 40.0 Å². The number of H-pyrrole nitrogens is 1. The third-order valence-electron chi connectivity index (χ3n) is 4.16. The summed E-state index contributed by atoms with van der Waals surface area (Å²) in [6, 6.07) is 15.4. The van der Waals surface area contributed by atoms with Gasteiger partial charge in [0, 0.05) is 16.6 Å². The van der Waals surface area contributed by atoms with E-state index >= 15 is 0 Å². The highest BCUT2D eigenvalue weighted by Gasteiger charge is 2.19. The number of fused-ring (bicyclic) bond motifs is 1. The molecule has 0 atom stereocenters. The lowest BCUT2D eigenvalue weighted by atomic mass is 10.0. The molecule has 0 aliphatic rings. The number of aromatic amines is 1. The van der Waals surface area contributed by atoms with Gasteiger partial charge in [-0.1, -0.05) is 41.9 Å². The van der Waals surface area contributed by atoms with Gasteiger partial charge in [0.2, 0.25) is 0 Å². The molecule has 5 nitrogen and oxygen atoms in total. The highest BCUT2D eigenvalue weighted by Crippen LogP contribution is 2.36. The Balaban J connectivity index is 1.67. The standard InChI is InChI=1S/C20H13ClF2N4O/c21-16-14(11-4-2-1-3-5-11)10-15-18(17(16)23)26-27-19(15)25-20(28)24-13-8-6-12(22)7-9-13/h1-10H,(H3,24,25,26,27,28). The third kappa shape index (κ3) is 3.39. The fraction of sp³-hybridized carbons (Fsp3) is 0. The largest absolute Gasteiger partial charge is 0.324 e. The summed E-state index contributed by atoms with van der Waals surface area (Å²) in [6.07, 6.45) is 0. The summed E-state index contributed by atoms with van der Waals surface area (Å²) in [5, 5.41) is 12.0. The van der Waals surface area contributed by atoms with E-state index in [0.717, 1.165) is 5.56 Å². The zero-order valence-corrected chi connectivity index (χ0v) is 15.0. The first-order valence-electron chi connectivity index (χ1n) is 8.28. The van der Waals surface area contributed by atoms with Gasteiger partial charge in [-0.2, -0.15) is 5.10 Å². The number of amides is 2. The van der Waals surface area contributed by atoms with E-state index in [1.807, 2.05) is 18.2 Å². The smallest absolute Gasteiger partial charge is 0.308 e. The third-order valence-corrected chi connectivity index (χ3v) is 4.53. The van der Waals surface area contributed by atoms with E-state index in [4.69, 9.17) is 11.6 Å². The van der Waals surface area contributed by atoms with E-state index in [0.29, 0.717) is 16.6 Å². The van der Waals surface area contributed by atoms with Gasteiger partial charge >= 0.3 is 6.03 Å². The number of benzene rings is 3. The van der Waals surface area contributed by atoms with Gasteiger partial charge in [0.15, 0.2) is 11.6 Å². The number of aromatic nitrogens is 2. The normalized spacial score (nSPS) is 10.8. The first-order chi connectivity index (χ1) is 13.5. The van der Waals surface area contributed by atoms with Crippen molar-refractivity contribution in [3.8, 4) is 11.1 Å². The van der Waals surface area contributed by atoms with Crippen LogP contribution in [-0.4, -0.2) is 16.2 Å². The minimum atomic E-state index is -0.655. The zero-order valence-electron chi connectivity index (χ0n) is 14.3. The molecule has 0 saturated heterocycles. The van der Waals surface area contributed by atoms with Gasteiger partial charge in [-0.3, -0.25) is 10.4 Å². The number of halogens is 3. The molecule has 0 radical (unpaired) electrons. The maximum atomic E-state index is 14.7. The minimum absolute atomic E-state index is 0.0373. The van der Waals surface area contributed by atoms with Crippen LogP contribution in [-0.2, 0) is 0 Å². The molecule has 0 fully saturated rings. The number of anilines is 2. The van der Waals surface area contributed by atoms with Crippen LogP contribution in [0, 0.1) is 11.6 Å². The predicted octanol–water partition coefficient (Wildman–Crippen LogP) is 5.81. The van der Waals surface area contributed by atoms with Crippen molar-refractivity contribution < 1.29 is 13.6 Å². The number of nitrogens with one attached hydrogen (secondary N) is 3. The Morgan fingerprint density at radius 1 is 1.00 bits per heavy atom. The summed E-state index contributed by atoms with van der Waals surface area (Å²) in [5.74, 6) is -0.926. The summed E-state index contributed by atoms with van der Waals surface area (Å²) in [6.45, 7) is 0. The van der Waals surface area contributed by atoms with Crippen LogP contribution in [0.3, 0.4) is 0 Å². The lowest BCUT2D eigenvalue weighted by molar-refractivity contribution is 0.262.